The Morgan fingerprint density at radius 2 is 2.04 bits per heavy atom. The van der Waals surface area contributed by atoms with Crippen molar-refractivity contribution in [1.82, 2.24) is 19.7 Å². The Labute approximate surface area is 166 Å². The molecule has 7 nitrogen and oxygen atoms in total. The molecule has 3 aromatic rings. The third kappa shape index (κ3) is 3.47. The van der Waals surface area contributed by atoms with Gasteiger partial charge in [0, 0.05) is 16.5 Å². The van der Waals surface area contributed by atoms with Crippen LogP contribution in [0, 0.1) is 6.92 Å². The van der Waals surface area contributed by atoms with Crippen LogP contribution in [0.4, 0.5) is 5.82 Å². The Morgan fingerprint density at radius 1 is 1.25 bits per heavy atom. The molecule has 1 amide bonds. The van der Waals surface area contributed by atoms with Crippen LogP contribution in [0.3, 0.4) is 0 Å². The van der Waals surface area contributed by atoms with E-state index in [-0.39, 0.29) is 11.5 Å². The zero-order chi connectivity index (χ0) is 19.7. The smallest absolute Gasteiger partial charge is 0.257 e. The highest BCUT2D eigenvalue weighted by molar-refractivity contribution is 7.98. The summed E-state index contributed by atoms with van der Waals surface area (Å²) in [7, 11) is 0. The number of rotatable bonds is 4. The zero-order valence-electron chi connectivity index (χ0n) is 15.8. The Hall–Kier alpha value is -2.87. The number of anilines is 1. The maximum Gasteiger partial charge on any atom is 0.257 e. The van der Waals surface area contributed by atoms with Crippen molar-refractivity contribution in [2.24, 2.45) is 0 Å². The van der Waals surface area contributed by atoms with Gasteiger partial charge in [0.15, 0.2) is 0 Å². The molecule has 0 aliphatic heterocycles. The number of aryl methyl sites for hydroxylation is 2. The van der Waals surface area contributed by atoms with Gasteiger partial charge in [0.2, 0.25) is 5.95 Å². The number of amides is 1. The van der Waals surface area contributed by atoms with Crippen LogP contribution in [0.1, 0.15) is 40.2 Å². The fourth-order valence-electron chi connectivity index (χ4n) is 3.46. The molecule has 1 aliphatic carbocycles. The summed E-state index contributed by atoms with van der Waals surface area (Å²) < 4.78 is 1.49. The van der Waals surface area contributed by atoms with Crippen LogP contribution in [0.5, 0.6) is 0 Å². The van der Waals surface area contributed by atoms with Crippen LogP contribution < -0.4 is 10.9 Å². The average Bonchev–Trinajstić information content (AvgIpc) is 3.08. The van der Waals surface area contributed by atoms with E-state index in [4.69, 9.17) is 0 Å². The van der Waals surface area contributed by atoms with Gasteiger partial charge in [-0.3, -0.25) is 14.6 Å². The molecular formula is C20H21N5O2S. The minimum atomic E-state index is -0.230. The molecule has 8 heteroatoms. The zero-order valence-corrected chi connectivity index (χ0v) is 16.6. The summed E-state index contributed by atoms with van der Waals surface area (Å²) >= 11 is 1.51. The molecule has 0 atom stereocenters. The normalized spacial score (nSPS) is 13.2. The summed E-state index contributed by atoms with van der Waals surface area (Å²) in [4.78, 5) is 33.6. The fraction of sp³-hybridized carbons (Fsp3) is 0.300. The van der Waals surface area contributed by atoms with E-state index in [9.17, 15) is 9.59 Å². The molecule has 28 heavy (non-hydrogen) atoms. The molecule has 0 radical (unpaired) electrons. The van der Waals surface area contributed by atoms with Gasteiger partial charge >= 0.3 is 0 Å². The molecule has 4 rings (SSSR count). The van der Waals surface area contributed by atoms with E-state index in [1.165, 1.54) is 16.4 Å². The predicted octanol–water partition coefficient (Wildman–Crippen LogP) is 3.12. The van der Waals surface area contributed by atoms with Crippen LogP contribution in [0.15, 0.2) is 40.0 Å². The van der Waals surface area contributed by atoms with Crippen molar-refractivity contribution in [2.75, 3.05) is 11.6 Å². The molecule has 0 saturated heterocycles. The number of aromatic amines is 1. The Balaban J connectivity index is 1.71. The first-order chi connectivity index (χ1) is 13.6. The van der Waals surface area contributed by atoms with Crippen molar-refractivity contribution in [1.29, 1.82) is 0 Å². The summed E-state index contributed by atoms with van der Waals surface area (Å²) in [6.45, 7) is 1.83. The van der Waals surface area contributed by atoms with Crippen molar-refractivity contribution < 1.29 is 4.79 Å². The third-order valence-electron chi connectivity index (χ3n) is 4.80. The van der Waals surface area contributed by atoms with Gasteiger partial charge in [-0.2, -0.15) is 9.78 Å². The molecule has 1 aromatic carbocycles. The predicted molar refractivity (Wildman–Crippen MR) is 110 cm³/mol. The molecule has 0 fully saturated rings. The van der Waals surface area contributed by atoms with Gasteiger partial charge in [-0.25, -0.2) is 4.98 Å². The first-order valence-electron chi connectivity index (χ1n) is 9.20. The molecule has 1 aliphatic rings. The molecule has 0 saturated carbocycles. The minimum absolute atomic E-state index is 0.127. The number of nitrogens with zero attached hydrogens (tertiary/aromatic N) is 3. The number of benzene rings is 1. The number of carbonyl (C=O) groups excluding carboxylic acids is 1. The molecule has 2 N–H and O–H groups in total. The first-order valence-corrected chi connectivity index (χ1v) is 10.4. The van der Waals surface area contributed by atoms with E-state index < -0.39 is 0 Å². The Kier molecular flexibility index (Phi) is 5.04. The molecule has 0 spiro atoms. The van der Waals surface area contributed by atoms with Gasteiger partial charge in [0.1, 0.15) is 5.82 Å². The van der Waals surface area contributed by atoms with Crippen LogP contribution in [-0.4, -0.2) is 31.9 Å². The highest BCUT2D eigenvalue weighted by Gasteiger charge is 2.19. The molecule has 2 aromatic heterocycles. The van der Waals surface area contributed by atoms with E-state index >= 15 is 0 Å². The number of H-pyrrole nitrogens is 1. The lowest BCUT2D eigenvalue weighted by atomic mass is 9.97. The van der Waals surface area contributed by atoms with Crippen LogP contribution in [0.2, 0.25) is 0 Å². The minimum Gasteiger partial charge on any atom is -0.306 e. The largest absolute Gasteiger partial charge is 0.306 e. The number of aromatic nitrogens is 4. The summed E-state index contributed by atoms with van der Waals surface area (Å²) in [5, 5.41) is 7.33. The fourth-order valence-corrected chi connectivity index (χ4v) is 4.05. The number of thioether (sulfide) groups is 1. The number of hydrogen-bond donors (Lipinski definition) is 2. The van der Waals surface area contributed by atoms with Gasteiger partial charge < -0.3 is 5.32 Å². The van der Waals surface area contributed by atoms with E-state index in [0.717, 1.165) is 41.8 Å². The number of hydrogen-bond acceptors (Lipinski definition) is 5. The molecular weight excluding hydrogens is 374 g/mol. The van der Waals surface area contributed by atoms with E-state index in [2.05, 4.69) is 20.4 Å². The topological polar surface area (TPSA) is 92.7 Å². The second-order valence-corrected chi connectivity index (χ2v) is 7.61. The van der Waals surface area contributed by atoms with Crippen molar-refractivity contribution >= 4 is 23.5 Å². The third-order valence-corrected chi connectivity index (χ3v) is 5.60. The summed E-state index contributed by atoms with van der Waals surface area (Å²) in [5.41, 5.74) is 2.76. The standard InChI is InChI=1S/C20H21N5O2S/c1-12-11-17(22-19(27)14-8-4-6-10-16(14)28-2)25(24-12)20-21-15-9-5-3-7-13(15)18(26)23-20/h4,6,8,10-11H,3,5,7,9H2,1-2H3,(H,22,27)(H,21,23,26). The second-order valence-electron chi connectivity index (χ2n) is 6.76. The van der Waals surface area contributed by atoms with Gasteiger partial charge in [-0.15, -0.1) is 11.8 Å². The van der Waals surface area contributed by atoms with Gasteiger partial charge in [0.05, 0.1) is 17.0 Å². The maximum absolute atomic E-state index is 12.8. The second kappa shape index (κ2) is 7.63. The van der Waals surface area contributed by atoms with E-state index in [1.54, 1.807) is 12.1 Å². The number of carbonyl (C=O) groups is 1. The van der Waals surface area contributed by atoms with Crippen molar-refractivity contribution in [3.63, 3.8) is 0 Å². The van der Waals surface area contributed by atoms with Crippen LogP contribution in [-0.2, 0) is 12.8 Å². The highest BCUT2D eigenvalue weighted by Crippen LogP contribution is 2.23. The van der Waals surface area contributed by atoms with E-state index in [0.29, 0.717) is 23.0 Å². The lowest BCUT2D eigenvalue weighted by molar-refractivity contribution is 0.102. The number of fused-ring (bicyclic) bond motifs is 1. The molecule has 2 heterocycles. The first kappa shape index (κ1) is 18.5. The van der Waals surface area contributed by atoms with Gasteiger partial charge in [-0.1, -0.05) is 12.1 Å². The monoisotopic (exact) mass is 395 g/mol. The molecule has 144 valence electrons. The average molecular weight is 395 g/mol. The summed E-state index contributed by atoms with van der Waals surface area (Å²) in [6.07, 6.45) is 5.51. The van der Waals surface area contributed by atoms with Gasteiger partial charge in [-0.05, 0) is 51.0 Å². The summed E-state index contributed by atoms with van der Waals surface area (Å²) in [6, 6.07) is 9.19. The van der Waals surface area contributed by atoms with Crippen LogP contribution >= 0.6 is 11.8 Å². The molecule has 0 bridgehead atoms. The SMILES string of the molecule is CSc1ccccc1C(=O)Nc1cc(C)nn1-c1nc2c(c(=O)[nH]1)CCCC2. The lowest BCUT2D eigenvalue weighted by Gasteiger charge is -2.15. The van der Waals surface area contributed by atoms with Crippen molar-refractivity contribution in [3.8, 4) is 5.95 Å². The maximum atomic E-state index is 12.8. The highest BCUT2D eigenvalue weighted by atomic mass is 32.2. The summed E-state index contributed by atoms with van der Waals surface area (Å²) in [5.74, 6) is 0.566. The van der Waals surface area contributed by atoms with Gasteiger partial charge in [0.25, 0.3) is 11.5 Å². The quantitative estimate of drug-likeness (QED) is 0.662. The van der Waals surface area contributed by atoms with Crippen molar-refractivity contribution in [3.05, 3.63) is 63.2 Å². The van der Waals surface area contributed by atoms with E-state index in [1.807, 2.05) is 31.4 Å². The van der Waals surface area contributed by atoms with Crippen molar-refractivity contribution in [2.45, 2.75) is 37.5 Å². The Morgan fingerprint density at radius 3 is 2.86 bits per heavy atom. The molecule has 0 unspecified atom stereocenters. The lowest BCUT2D eigenvalue weighted by Crippen LogP contribution is -2.24. The Bertz CT molecular complexity index is 1100. The number of nitrogens with one attached hydrogen (secondary N) is 2. The van der Waals surface area contributed by atoms with Crippen LogP contribution in [0.25, 0.3) is 5.95 Å².